The summed E-state index contributed by atoms with van der Waals surface area (Å²) in [5, 5.41) is 22.6. The molecule has 0 aliphatic rings. The maximum absolute atomic E-state index is 11.0. The van der Waals surface area contributed by atoms with E-state index in [4.69, 9.17) is 5.11 Å². The Bertz CT molecular complexity index is 685. The fourth-order valence-electron chi connectivity index (χ4n) is 1.70. The third kappa shape index (κ3) is 2.89. The van der Waals surface area contributed by atoms with E-state index in [0.717, 1.165) is 23.5 Å². The minimum Gasteiger partial charge on any atom is -0.477 e. The molecule has 1 aromatic carbocycles. The molecular weight excluding hydrogens is 262 g/mol. The van der Waals surface area contributed by atoms with Gasteiger partial charge in [-0.1, -0.05) is 12.1 Å². The summed E-state index contributed by atoms with van der Waals surface area (Å²) < 4.78 is 0. The molecule has 0 spiro atoms. The van der Waals surface area contributed by atoms with Gasteiger partial charge in [0, 0.05) is 11.8 Å². The highest BCUT2D eigenvalue weighted by atomic mass is 16.6. The van der Waals surface area contributed by atoms with Gasteiger partial charge in [0.2, 0.25) is 0 Å². The highest BCUT2D eigenvalue weighted by molar-refractivity contribution is 5.93. The van der Waals surface area contributed by atoms with Gasteiger partial charge in [-0.2, -0.15) is 0 Å². The van der Waals surface area contributed by atoms with Crippen LogP contribution < -0.4 is 5.32 Å². The number of nitrogens with zero attached hydrogens (tertiary/aromatic N) is 2. The highest BCUT2D eigenvalue weighted by Gasteiger charge is 2.21. The molecule has 0 aliphatic carbocycles. The van der Waals surface area contributed by atoms with Gasteiger partial charge in [-0.15, -0.1) is 0 Å². The van der Waals surface area contributed by atoms with Crippen LogP contribution in [0.1, 0.15) is 15.9 Å². The lowest BCUT2D eigenvalue weighted by Crippen LogP contribution is -2.05. The summed E-state index contributed by atoms with van der Waals surface area (Å²) >= 11 is 0. The van der Waals surface area contributed by atoms with E-state index < -0.39 is 22.1 Å². The second-order valence-corrected chi connectivity index (χ2v) is 4.14. The van der Waals surface area contributed by atoms with E-state index in [9.17, 15) is 14.9 Å². The topological polar surface area (TPSA) is 105 Å². The average Bonchev–Trinajstić information content (AvgIpc) is 2.38. The van der Waals surface area contributed by atoms with Crippen molar-refractivity contribution < 1.29 is 14.8 Å². The zero-order chi connectivity index (χ0) is 14.7. The summed E-state index contributed by atoms with van der Waals surface area (Å²) in [6, 6.07) is 8.53. The Kier molecular flexibility index (Phi) is 3.60. The fourth-order valence-corrected chi connectivity index (χ4v) is 1.70. The number of nitro groups is 1. The molecule has 0 unspecified atom stereocenters. The molecule has 7 heteroatoms. The molecule has 1 aromatic heterocycles. The molecule has 0 saturated carbocycles. The fraction of sp³-hybridized carbons (Fsp3) is 0.0769. The van der Waals surface area contributed by atoms with Gasteiger partial charge in [-0.05, 0) is 24.6 Å². The van der Waals surface area contributed by atoms with Crippen molar-refractivity contribution in [2.75, 3.05) is 5.32 Å². The van der Waals surface area contributed by atoms with E-state index in [1.54, 1.807) is 6.07 Å². The first kappa shape index (κ1) is 13.5. The maximum atomic E-state index is 11.0. The Morgan fingerprint density at radius 1 is 1.40 bits per heavy atom. The molecule has 0 radical (unpaired) electrons. The van der Waals surface area contributed by atoms with Crippen LogP contribution in [0.4, 0.5) is 17.2 Å². The van der Waals surface area contributed by atoms with Crippen LogP contribution in [0.25, 0.3) is 0 Å². The van der Waals surface area contributed by atoms with Crippen molar-refractivity contribution in [1.82, 2.24) is 4.98 Å². The molecule has 7 nitrogen and oxygen atoms in total. The predicted octanol–water partition coefficient (Wildman–Crippen LogP) is 2.74. The lowest BCUT2D eigenvalue weighted by molar-refractivity contribution is -0.385. The number of aryl methyl sites for hydroxylation is 1. The smallest absolute Gasteiger partial charge is 0.342 e. The molecule has 2 N–H and O–H groups in total. The third-order valence-electron chi connectivity index (χ3n) is 2.60. The molecule has 0 bridgehead atoms. The van der Waals surface area contributed by atoms with Crippen LogP contribution in [0.15, 0.2) is 36.5 Å². The zero-order valence-corrected chi connectivity index (χ0v) is 10.5. The lowest BCUT2D eigenvalue weighted by atomic mass is 10.2. The number of carboxylic acid groups (broad SMARTS) is 1. The van der Waals surface area contributed by atoms with Crippen molar-refractivity contribution in [3.8, 4) is 0 Å². The van der Waals surface area contributed by atoms with Gasteiger partial charge in [0.05, 0.1) is 4.92 Å². The predicted molar refractivity (Wildman–Crippen MR) is 72.3 cm³/mol. The van der Waals surface area contributed by atoms with E-state index in [1.165, 1.54) is 0 Å². The molecule has 0 atom stereocenters. The molecular formula is C13H11N3O4. The van der Waals surface area contributed by atoms with Crippen LogP contribution in [-0.2, 0) is 0 Å². The number of aromatic carboxylic acids is 1. The second-order valence-electron chi connectivity index (χ2n) is 4.14. The maximum Gasteiger partial charge on any atom is 0.342 e. The number of rotatable bonds is 4. The van der Waals surface area contributed by atoms with E-state index in [-0.39, 0.29) is 5.82 Å². The largest absolute Gasteiger partial charge is 0.477 e. The van der Waals surface area contributed by atoms with Gasteiger partial charge in [0.1, 0.15) is 17.6 Å². The highest BCUT2D eigenvalue weighted by Crippen LogP contribution is 2.22. The van der Waals surface area contributed by atoms with Crippen LogP contribution >= 0.6 is 0 Å². The lowest BCUT2D eigenvalue weighted by Gasteiger charge is -2.07. The van der Waals surface area contributed by atoms with Crippen LogP contribution in [0.2, 0.25) is 0 Å². The van der Waals surface area contributed by atoms with Gasteiger partial charge in [-0.25, -0.2) is 9.78 Å². The summed E-state index contributed by atoms with van der Waals surface area (Å²) in [5.74, 6) is -1.13. The number of carboxylic acids is 1. The van der Waals surface area contributed by atoms with Crippen LogP contribution in [0, 0.1) is 17.0 Å². The van der Waals surface area contributed by atoms with Crippen molar-refractivity contribution in [3.05, 3.63) is 57.8 Å². The second kappa shape index (κ2) is 5.35. The van der Waals surface area contributed by atoms with Crippen molar-refractivity contribution in [1.29, 1.82) is 0 Å². The van der Waals surface area contributed by atoms with Gasteiger partial charge in [0.25, 0.3) is 0 Å². The van der Waals surface area contributed by atoms with E-state index in [0.29, 0.717) is 0 Å². The summed E-state index contributed by atoms with van der Waals surface area (Å²) in [4.78, 5) is 24.8. The van der Waals surface area contributed by atoms with Crippen LogP contribution in [-0.4, -0.2) is 21.0 Å². The van der Waals surface area contributed by atoms with E-state index in [2.05, 4.69) is 10.3 Å². The molecule has 20 heavy (non-hydrogen) atoms. The monoisotopic (exact) mass is 273 g/mol. The first-order valence-corrected chi connectivity index (χ1v) is 5.69. The Hall–Kier alpha value is -2.96. The van der Waals surface area contributed by atoms with Crippen molar-refractivity contribution in [3.63, 3.8) is 0 Å². The number of aromatic nitrogens is 1. The summed E-state index contributed by atoms with van der Waals surface area (Å²) in [5.41, 5.74) is 0.811. The standard InChI is InChI=1S/C13H11N3O4/c1-8-3-2-4-9(5-8)15-12-6-10(13(17)18)11(7-14-12)16(19)20/h2-7H,1H3,(H,14,15)(H,17,18). The van der Waals surface area contributed by atoms with Gasteiger partial charge in [-0.3, -0.25) is 10.1 Å². The number of benzene rings is 1. The van der Waals surface area contributed by atoms with Gasteiger partial charge >= 0.3 is 11.7 Å². The molecule has 0 saturated heterocycles. The molecule has 102 valence electrons. The molecule has 2 aromatic rings. The molecule has 1 heterocycles. The van der Waals surface area contributed by atoms with Crippen molar-refractivity contribution >= 4 is 23.2 Å². The Balaban J connectivity index is 2.36. The summed E-state index contributed by atoms with van der Waals surface area (Å²) in [6.45, 7) is 1.91. The zero-order valence-electron chi connectivity index (χ0n) is 10.5. The van der Waals surface area contributed by atoms with Crippen molar-refractivity contribution in [2.45, 2.75) is 6.92 Å². The number of hydrogen-bond acceptors (Lipinski definition) is 5. The van der Waals surface area contributed by atoms with Crippen LogP contribution in [0.3, 0.4) is 0 Å². The number of anilines is 2. The average molecular weight is 273 g/mol. The number of pyridine rings is 1. The first-order chi connectivity index (χ1) is 9.47. The molecule has 0 aliphatic heterocycles. The van der Waals surface area contributed by atoms with E-state index >= 15 is 0 Å². The summed E-state index contributed by atoms with van der Waals surface area (Å²) in [6.07, 6.45) is 0.932. The number of hydrogen-bond donors (Lipinski definition) is 2. The molecule has 2 rings (SSSR count). The minimum absolute atomic E-state index is 0.235. The van der Waals surface area contributed by atoms with E-state index in [1.807, 2.05) is 25.1 Å². The van der Waals surface area contributed by atoms with Crippen LogP contribution in [0.5, 0.6) is 0 Å². The van der Waals surface area contributed by atoms with Crippen molar-refractivity contribution in [2.24, 2.45) is 0 Å². The quantitative estimate of drug-likeness (QED) is 0.655. The third-order valence-corrected chi connectivity index (χ3v) is 2.60. The minimum atomic E-state index is -1.37. The SMILES string of the molecule is Cc1cccc(Nc2cc(C(=O)O)c([N+](=O)[O-])cn2)c1. The molecule has 0 amide bonds. The van der Waals surface area contributed by atoms with Gasteiger partial charge < -0.3 is 10.4 Å². The first-order valence-electron chi connectivity index (χ1n) is 5.69. The van der Waals surface area contributed by atoms with Gasteiger partial charge in [0.15, 0.2) is 0 Å². The normalized spacial score (nSPS) is 10.1. The Morgan fingerprint density at radius 3 is 2.75 bits per heavy atom. The Labute approximate surface area is 114 Å². The molecule has 0 fully saturated rings. The number of carbonyl (C=O) groups is 1. The Morgan fingerprint density at radius 2 is 2.15 bits per heavy atom. The summed E-state index contributed by atoms with van der Waals surface area (Å²) in [7, 11) is 0. The number of nitrogens with one attached hydrogen (secondary N) is 1.